The van der Waals surface area contributed by atoms with Gasteiger partial charge in [-0.2, -0.15) is 0 Å². The topological polar surface area (TPSA) is 39.5 Å². The van der Waals surface area contributed by atoms with E-state index in [-0.39, 0.29) is 5.82 Å². The van der Waals surface area contributed by atoms with E-state index in [0.29, 0.717) is 13.2 Å². The van der Waals surface area contributed by atoms with Gasteiger partial charge in [0.25, 0.3) is 0 Å². The van der Waals surface area contributed by atoms with Crippen LogP contribution in [0.4, 0.5) is 4.39 Å². The minimum absolute atomic E-state index is 0.221. The predicted octanol–water partition coefficient (Wildman–Crippen LogP) is -0.733. The fraction of sp³-hybridized carbons (Fsp3) is 0.625. The zero-order valence-electron chi connectivity index (χ0n) is 12.4. The average Bonchev–Trinajstić information content (AvgIpc) is 2.99. The summed E-state index contributed by atoms with van der Waals surface area (Å²) >= 11 is 0. The maximum absolute atomic E-state index is 13.1. The van der Waals surface area contributed by atoms with Crippen molar-refractivity contribution in [3.05, 3.63) is 35.6 Å². The zero-order chi connectivity index (χ0) is 14.5. The lowest BCUT2D eigenvalue weighted by molar-refractivity contribution is -0.947. The Kier molecular flexibility index (Phi) is 4.85. The van der Waals surface area contributed by atoms with Crippen LogP contribution in [0, 0.1) is 5.82 Å². The first-order valence-electron chi connectivity index (χ1n) is 7.98. The summed E-state index contributed by atoms with van der Waals surface area (Å²) in [5, 5.41) is 2.38. The minimum Gasteiger partial charge on any atom is -0.343 e. The number of ether oxygens (including phenoxy) is 2. The Labute approximate surface area is 125 Å². The molecule has 0 spiro atoms. The second-order valence-corrected chi connectivity index (χ2v) is 5.93. The van der Waals surface area contributed by atoms with E-state index in [1.807, 2.05) is 0 Å². The lowest BCUT2D eigenvalue weighted by Gasteiger charge is -2.29. The van der Waals surface area contributed by atoms with Crippen LogP contribution >= 0.6 is 0 Å². The molecule has 0 bridgehead atoms. The van der Waals surface area contributed by atoms with Crippen molar-refractivity contribution in [2.45, 2.75) is 18.6 Å². The van der Waals surface area contributed by atoms with E-state index >= 15 is 0 Å². The average molecular weight is 296 g/mol. The smallest absolute Gasteiger partial charge is 0.195 e. The molecule has 116 valence electrons. The third kappa shape index (κ3) is 3.61. The lowest BCUT2D eigenvalue weighted by atomic mass is 10.00. The lowest BCUT2D eigenvalue weighted by Crippen LogP contribution is -3.20. The normalized spacial score (nSPS) is 22.5. The van der Waals surface area contributed by atoms with Crippen LogP contribution in [0.2, 0.25) is 0 Å². The van der Waals surface area contributed by atoms with Gasteiger partial charge in [0.15, 0.2) is 5.79 Å². The molecule has 1 aromatic carbocycles. The number of benzene rings is 1. The summed E-state index contributed by atoms with van der Waals surface area (Å²) in [6, 6.07) is 6.52. The molecule has 0 aliphatic carbocycles. The molecule has 2 fully saturated rings. The van der Waals surface area contributed by atoms with Crippen molar-refractivity contribution in [3.8, 4) is 0 Å². The zero-order valence-corrected chi connectivity index (χ0v) is 12.4. The van der Waals surface area contributed by atoms with Crippen LogP contribution in [-0.2, 0) is 15.3 Å². The molecule has 2 aliphatic heterocycles. The summed E-state index contributed by atoms with van der Waals surface area (Å²) in [7, 11) is 0. The van der Waals surface area contributed by atoms with Gasteiger partial charge < -0.3 is 19.7 Å². The number of nitrogens with two attached hydrogens (primary N) is 1. The Bertz CT molecular complexity index is 440. The third-order valence-electron chi connectivity index (χ3n) is 4.48. The van der Waals surface area contributed by atoms with Gasteiger partial charge in [-0.1, -0.05) is 12.1 Å². The van der Waals surface area contributed by atoms with Crippen LogP contribution in [-0.4, -0.2) is 45.9 Å². The number of quaternary nitrogens is 2. The molecule has 0 unspecified atom stereocenters. The number of halogens is 1. The Morgan fingerprint density at radius 3 is 2.43 bits per heavy atom. The molecule has 0 atom stereocenters. The number of nitrogens with one attached hydrogen (secondary N) is 1. The summed E-state index contributed by atoms with van der Waals surface area (Å²) in [5.41, 5.74) is 0.934. The molecule has 4 nitrogen and oxygen atoms in total. The van der Waals surface area contributed by atoms with Gasteiger partial charge >= 0.3 is 0 Å². The van der Waals surface area contributed by atoms with Crippen LogP contribution < -0.4 is 10.2 Å². The van der Waals surface area contributed by atoms with Gasteiger partial charge in [-0.3, -0.25) is 0 Å². The van der Waals surface area contributed by atoms with E-state index in [4.69, 9.17) is 9.47 Å². The molecule has 2 saturated heterocycles. The van der Waals surface area contributed by atoms with Crippen molar-refractivity contribution in [3.63, 3.8) is 0 Å². The molecule has 3 N–H and O–H groups in total. The molecule has 2 aliphatic rings. The van der Waals surface area contributed by atoms with Crippen molar-refractivity contribution in [2.75, 3.05) is 45.9 Å². The molecule has 0 saturated carbocycles. The molecule has 21 heavy (non-hydrogen) atoms. The van der Waals surface area contributed by atoms with E-state index < -0.39 is 5.79 Å². The van der Waals surface area contributed by atoms with Gasteiger partial charge in [-0.25, -0.2) is 4.39 Å². The van der Waals surface area contributed by atoms with Gasteiger partial charge in [0, 0.05) is 18.4 Å². The molecule has 3 rings (SSSR count). The highest BCUT2D eigenvalue weighted by Crippen LogP contribution is 2.35. The molecule has 1 aromatic rings. The van der Waals surface area contributed by atoms with E-state index in [9.17, 15) is 4.39 Å². The number of hydrogen-bond donors (Lipinski definition) is 2. The Hall–Kier alpha value is -1.01. The van der Waals surface area contributed by atoms with Gasteiger partial charge in [0.1, 0.15) is 32.0 Å². The van der Waals surface area contributed by atoms with Crippen molar-refractivity contribution in [2.24, 2.45) is 0 Å². The van der Waals surface area contributed by atoms with Crippen LogP contribution in [0.15, 0.2) is 24.3 Å². The van der Waals surface area contributed by atoms with Crippen LogP contribution in [0.5, 0.6) is 0 Å². The number of hydrogen-bond acceptors (Lipinski definition) is 2. The fourth-order valence-corrected chi connectivity index (χ4v) is 3.32. The monoisotopic (exact) mass is 296 g/mol. The first-order valence-corrected chi connectivity index (χ1v) is 7.98. The first kappa shape index (κ1) is 14.9. The Morgan fingerprint density at radius 2 is 1.76 bits per heavy atom. The van der Waals surface area contributed by atoms with E-state index in [2.05, 4.69) is 5.32 Å². The Morgan fingerprint density at radius 1 is 1.10 bits per heavy atom. The summed E-state index contributed by atoms with van der Waals surface area (Å²) < 4.78 is 24.9. The van der Waals surface area contributed by atoms with Crippen molar-refractivity contribution < 1.29 is 24.1 Å². The number of rotatable bonds is 5. The predicted molar refractivity (Wildman–Crippen MR) is 76.4 cm³/mol. The van der Waals surface area contributed by atoms with Crippen molar-refractivity contribution >= 4 is 0 Å². The van der Waals surface area contributed by atoms with Crippen molar-refractivity contribution in [1.82, 2.24) is 0 Å². The first-order chi connectivity index (χ1) is 10.3. The highest BCUT2D eigenvalue weighted by Gasteiger charge is 2.38. The summed E-state index contributed by atoms with van der Waals surface area (Å²) in [5.74, 6) is -0.879. The van der Waals surface area contributed by atoms with Crippen LogP contribution in [0.1, 0.15) is 18.4 Å². The third-order valence-corrected chi connectivity index (χ3v) is 4.48. The highest BCUT2D eigenvalue weighted by atomic mass is 19.1. The van der Waals surface area contributed by atoms with Crippen molar-refractivity contribution in [1.29, 1.82) is 0 Å². The van der Waals surface area contributed by atoms with Crippen LogP contribution in [0.25, 0.3) is 0 Å². The Balaban J connectivity index is 1.60. The fourth-order valence-electron chi connectivity index (χ4n) is 3.32. The van der Waals surface area contributed by atoms with Gasteiger partial charge in [0.05, 0.1) is 19.8 Å². The molecular weight excluding hydrogens is 271 g/mol. The van der Waals surface area contributed by atoms with Gasteiger partial charge in [-0.05, 0) is 12.1 Å². The van der Waals surface area contributed by atoms with E-state index in [1.54, 1.807) is 17.0 Å². The SMILES string of the molecule is Fc1ccc(C2(CCC[NH+]3CC[NH2+]CC3)OCCO2)cc1. The minimum atomic E-state index is -0.658. The highest BCUT2D eigenvalue weighted by molar-refractivity contribution is 5.21. The molecular formula is C16H25FN2O2+2. The molecule has 0 amide bonds. The van der Waals surface area contributed by atoms with E-state index in [1.165, 1.54) is 38.3 Å². The molecule has 5 heteroatoms. The molecule has 0 aromatic heterocycles. The summed E-state index contributed by atoms with van der Waals surface area (Å²) in [4.78, 5) is 1.67. The largest absolute Gasteiger partial charge is 0.343 e. The maximum Gasteiger partial charge on any atom is 0.195 e. The quantitative estimate of drug-likeness (QED) is 0.752. The van der Waals surface area contributed by atoms with Crippen LogP contribution in [0.3, 0.4) is 0 Å². The standard InChI is InChI=1S/C16H23FN2O2/c17-15-4-2-14(3-5-15)16(20-12-13-21-16)6-1-9-19-10-7-18-8-11-19/h2-5,18H,1,6-13H2/p+2. The maximum atomic E-state index is 13.1. The molecule has 2 heterocycles. The summed E-state index contributed by atoms with van der Waals surface area (Å²) in [6.45, 7) is 7.32. The summed E-state index contributed by atoms with van der Waals surface area (Å²) in [6.07, 6.45) is 1.90. The van der Waals surface area contributed by atoms with Gasteiger partial charge in [-0.15, -0.1) is 0 Å². The van der Waals surface area contributed by atoms with Gasteiger partial charge in [0.2, 0.25) is 0 Å². The van der Waals surface area contributed by atoms with E-state index in [0.717, 1.165) is 24.9 Å². The second kappa shape index (κ2) is 6.83. The molecule has 0 radical (unpaired) electrons. The number of piperazine rings is 1. The second-order valence-electron chi connectivity index (χ2n) is 5.93.